The van der Waals surface area contributed by atoms with Crippen molar-refractivity contribution in [2.45, 2.75) is 59.4 Å². The van der Waals surface area contributed by atoms with Gasteiger partial charge in [0.25, 0.3) is 17.7 Å². The van der Waals surface area contributed by atoms with Crippen molar-refractivity contribution in [3.63, 3.8) is 0 Å². The quantitative estimate of drug-likeness (QED) is 0.0873. The molecule has 514 valence electrons. The highest BCUT2D eigenvalue weighted by Gasteiger charge is 2.38. The molecule has 0 bridgehead atoms. The number of aryl methyl sites for hydroxylation is 4. The third kappa shape index (κ3) is 16.5. The maximum Gasteiger partial charge on any atom is 0.256 e. The number of halogens is 6. The first-order chi connectivity index (χ1) is 47.5. The van der Waals surface area contributed by atoms with Crippen molar-refractivity contribution in [1.29, 1.82) is 5.26 Å². The van der Waals surface area contributed by atoms with Gasteiger partial charge in [0.1, 0.15) is 17.6 Å². The maximum atomic E-state index is 13.5. The second-order valence-corrected chi connectivity index (χ2v) is 26.8. The van der Waals surface area contributed by atoms with E-state index in [9.17, 15) is 34.2 Å². The summed E-state index contributed by atoms with van der Waals surface area (Å²) in [5.41, 5.74) is 18.0. The van der Waals surface area contributed by atoms with Gasteiger partial charge < -0.3 is 54.8 Å². The van der Waals surface area contributed by atoms with Gasteiger partial charge in [-0.25, -0.2) is 4.39 Å². The van der Waals surface area contributed by atoms with Crippen LogP contribution in [0, 0.1) is 57.2 Å². The van der Waals surface area contributed by atoms with E-state index in [0.717, 1.165) is 67.6 Å². The van der Waals surface area contributed by atoms with Gasteiger partial charge in [0.2, 0.25) is 6.79 Å². The molecule has 13 rings (SSSR count). The molecule has 15 nitrogen and oxygen atoms in total. The predicted molar refractivity (Wildman–Crippen MR) is 397 cm³/mol. The third-order valence-electron chi connectivity index (χ3n) is 18.1. The number of fused-ring (bicyclic) bond motifs is 1. The summed E-state index contributed by atoms with van der Waals surface area (Å²) in [7, 11) is 0. The van der Waals surface area contributed by atoms with Crippen LogP contribution in [0.15, 0.2) is 176 Å². The number of anilines is 4. The van der Waals surface area contributed by atoms with Gasteiger partial charge in [-0.2, -0.15) is 5.26 Å². The molecule has 0 aliphatic carbocycles. The van der Waals surface area contributed by atoms with Crippen LogP contribution in [0.2, 0.25) is 25.1 Å². The van der Waals surface area contributed by atoms with E-state index in [1.807, 2.05) is 154 Å². The lowest BCUT2D eigenvalue weighted by atomic mass is 9.97. The molecule has 4 aliphatic rings. The molecule has 3 fully saturated rings. The van der Waals surface area contributed by atoms with Gasteiger partial charge in [0.15, 0.2) is 17.6 Å². The maximum absolute atomic E-state index is 13.5. The lowest BCUT2D eigenvalue weighted by Gasteiger charge is -2.44. The molecule has 4 heterocycles. The molecule has 4 aliphatic heterocycles. The van der Waals surface area contributed by atoms with E-state index >= 15 is 0 Å². The van der Waals surface area contributed by atoms with Crippen LogP contribution in [0.4, 0.5) is 27.1 Å². The standard InChI is InChI=1S/C27H24Cl2N2O2.C26H24Cl2N2O4.C25H22ClFN4O.CH4/c1-4-19-5-10-24(23(29)15-19)31-12-11-30(16-25(31)20-6-8-21(28)9-7-20)27(33)26-17(2)13-22(32)14-18(26)3;1-16-2-8-21(20(28)12-16)30-11-10-29(14-22(30)17-3-6-19(27)7-4-17)26(32)25(31)18-5-9-23-24(13-18)34-15-33-23;1-16-2-9-23(18(12-16)14-28)31-11-10-30(15-24(31)17-3-5-19(26)6-4-17)25(32)21-8-7-20(27)13-22(21)29;/h1,5-10,13-15,25,32H,11-12,16H2,2-3H3;2-9,12-13,22,25,31H,10-11,14-15H2,1H3;2-9,12-13,24H,10-11,15,29H2,1H3;1H4. The smallest absolute Gasteiger partial charge is 0.256 e. The number of nitrogen functional groups attached to an aromatic ring is 1. The lowest BCUT2D eigenvalue weighted by Crippen LogP contribution is -2.51. The number of aromatic hydroxyl groups is 1. The summed E-state index contributed by atoms with van der Waals surface area (Å²) in [4.78, 5) is 51.9. The predicted octanol–water partition coefficient (Wildman–Crippen LogP) is 16.7. The van der Waals surface area contributed by atoms with E-state index in [4.69, 9.17) is 79.6 Å². The molecule has 3 saturated heterocycles. The summed E-state index contributed by atoms with van der Waals surface area (Å²) in [6.45, 7) is 12.2. The number of nitrogens with zero attached hydrogens (tertiary/aromatic N) is 7. The Labute approximate surface area is 607 Å². The van der Waals surface area contributed by atoms with Crippen molar-refractivity contribution in [2.75, 3.05) is 86.1 Å². The number of hydrogen-bond acceptors (Lipinski definition) is 12. The average Bonchev–Trinajstić information content (AvgIpc) is 0.902. The van der Waals surface area contributed by atoms with Gasteiger partial charge in [-0.1, -0.05) is 126 Å². The highest BCUT2D eigenvalue weighted by atomic mass is 35.5. The van der Waals surface area contributed by atoms with E-state index in [1.54, 1.807) is 46.2 Å². The monoisotopic (exact) mass is 1440 g/mol. The highest BCUT2D eigenvalue weighted by Crippen LogP contribution is 2.41. The van der Waals surface area contributed by atoms with E-state index in [-0.39, 0.29) is 67.1 Å². The Bertz CT molecular complexity index is 4570. The number of nitrogens with two attached hydrogens (primary N) is 1. The van der Waals surface area contributed by atoms with Crippen molar-refractivity contribution < 1.29 is 38.5 Å². The second kappa shape index (κ2) is 32.1. The van der Waals surface area contributed by atoms with Gasteiger partial charge in [0, 0.05) is 90.8 Å². The van der Waals surface area contributed by atoms with Crippen LogP contribution in [-0.2, 0) is 4.79 Å². The zero-order chi connectivity index (χ0) is 70.3. The lowest BCUT2D eigenvalue weighted by molar-refractivity contribution is -0.141. The Morgan fingerprint density at radius 3 is 1.54 bits per heavy atom. The minimum atomic E-state index is -1.30. The number of ether oxygens (including phenoxy) is 2. The number of aliphatic hydroxyl groups is 1. The summed E-state index contributed by atoms with van der Waals surface area (Å²) in [5, 5.41) is 33.6. The number of carbonyl (C=O) groups is 3. The van der Waals surface area contributed by atoms with Gasteiger partial charge >= 0.3 is 0 Å². The molecule has 0 radical (unpaired) electrons. The fraction of sp³-hybridized carbons (Fsp3) is 0.241. The van der Waals surface area contributed by atoms with Gasteiger partial charge in [-0.15, -0.1) is 6.42 Å². The summed E-state index contributed by atoms with van der Waals surface area (Å²) in [6, 6.07) is 54.1. The minimum Gasteiger partial charge on any atom is -0.508 e. The summed E-state index contributed by atoms with van der Waals surface area (Å²) in [5.74, 6) is 2.79. The number of terminal acetylenes is 1. The molecule has 21 heteroatoms. The molecule has 0 aromatic heterocycles. The Kier molecular flexibility index (Phi) is 23.5. The third-order valence-corrected chi connectivity index (χ3v) is 19.5. The Morgan fingerprint density at radius 2 is 1.03 bits per heavy atom. The van der Waals surface area contributed by atoms with Crippen molar-refractivity contribution in [1.82, 2.24) is 14.7 Å². The Balaban J connectivity index is 0.000000161. The number of benzene rings is 9. The van der Waals surface area contributed by atoms with Crippen molar-refractivity contribution >= 4 is 98.5 Å². The number of amides is 3. The van der Waals surface area contributed by atoms with Gasteiger partial charge in [-0.05, 0) is 194 Å². The minimum absolute atomic E-state index is 0. The van der Waals surface area contributed by atoms with Crippen LogP contribution in [0.1, 0.15) is 108 Å². The number of aliphatic hydroxyl groups excluding tert-OH is 1. The molecule has 3 amide bonds. The molecular formula is C79H74Cl5FN8O7. The zero-order valence-electron chi connectivity index (χ0n) is 54.6. The van der Waals surface area contributed by atoms with E-state index < -0.39 is 11.9 Å². The molecule has 4 N–H and O–H groups in total. The summed E-state index contributed by atoms with van der Waals surface area (Å²) in [6.07, 6.45) is 4.23. The van der Waals surface area contributed by atoms with Crippen LogP contribution in [-0.4, -0.2) is 108 Å². The van der Waals surface area contributed by atoms with Gasteiger partial charge in [0.05, 0.1) is 56.4 Å². The van der Waals surface area contributed by atoms with Crippen molar-refractivity contribution in [3.05, 3.63) is 274 Å². The fourth-order valence-electron chi connectivity index (χ4n) is 13.1. The molecule has 9 aromatic carbocycles. The molecule has 0 spiro atoms. The molecule has 4 atom stereocenters. The molecule has 9 aromatic rings. The number of hydrogen-bond donors (Lipinski definition) is 3. The first-order valence-corrected chi connectivity index (χ1v) is 33.8. The topological polar surface area (TPSA) is 179 Å². The van der Waals surface area contributed by atoms with E-state index in [2.05, 4.69) is 26.7 Å². The average molecular weight is 1440 g/mol. The molecule has 4 unspecified atom stereocenters. The molecule has 100 heavy (non-hydrogen) atoms. The zero-order valence-corrected chi connectivity index (χ0v) is 58.4. The molecular weight excluding hydrogens is 1370 g/mol. The van der Waals surface area contributed by atoms with Crippen LogP contribution in [0.25, 0.3) is 0 Å². The van der Waals surface area contributed by atoms with Crippen molar-refractivity contribution in [2.24, 2.45) is 0 Å². The largest absolute Gasteiger partial charge is 0.508 e. The first-order valence-electron chi connectivity index (χ1n) is 32.0. The number of phenolic OH excluding ortho intramolecular Hbond substituents is 1. The normalized spacial score (nSPS) is 16.6. The summed E-state index contributed by atoms with van der Waals surface area (Å²) < 4.78 is 24.2. The fourth-order valence-corrected chi connectivity index (χ4v) is 14.1. The van der Waals surface area contributed by atoms with E-state index in [1.165, 1.54) is 12.1 Å². The van der Waals surface area contributed by atoms with E-state index in [0.29, 0.717) is 112 Å². The van der Waals surface area contributed by atoms with Crippen LogP contribution < -0.4 is 29.9 Å². The number of rotatable bonds is 10. The SMILES string of the molecule is C.C#Cc1ccc(N2CCN(C(=O)c3c(C)cc(O)cc3C)CC2c2ccc(Cl)cc2)c(Cl)c1.Cc1ccc(N2CCN(C(=O)C(O)c3ccc4c(c3)OCO4)CC2c2ccc(Cl)cc2)c(Cl)c1.Cc1ccc(N2CCN(C(=O)c3ccc(F)cc3N)CC2c2ccc(Cl)cc2)c(C#N)c1. The second-order valence-electron chi connectivity index (χ2n) is 24.7. The number of nitriles is 1. The van der Waals surface area contributed by atoms with Crippen LogP contribution >= 0.6 is 58.0 Å². The number of carbonyl (C=O) groups excluding carboxylic acids is 3. The Hall–Kier alpha value is -9.62. The van der Waals surface area contributed by atoms with Crippen LogP contribution in [0.3, 0.4) is 0 Å². The highest BCUT2D eigenvalue weighted by molar-refractivity contribution is 6.34. The Morgan fingerprint density at radius 1 is 0.560 bits per heavy atom. The number of piperazine rings is 3. The van der Waals surface area contributed by atoms with Crippen molar-refractivity contribution in [3.8, 4) is 35.7 Å². The van der Waals surface area contributed by atoms with Crippen LogP contribution in [0.5, 0.6) is 17.2 Å². The first kappa shape index (κ1) is 73.1. The number of phenols is 1. The van der Waals surface area contributed by atoms with Gasteiger partial charge in [-0.3, -0.25) is 14.4 Å². The molecule has 0 saturated carbocycles. The summed E-state index contributed by atoms with van der Waals surface area (Å²) >= 11 is 31.6.